The molecule has 0 saturated carbocycles. The number of amidine groups is 1. The van der Waals surface area contributed by atoms with E-state index >= 15 is 0 Å². The summed E-state index contributed by atoms with van der Waals surface area (Å²) in [5, 5.41) is 2.87. The molecule has 0 bridgehead atoms. The van der Waals surface area contributed by atoms with Crippen molar-refractivity contribution in [2.45, 2.75) is 23.6 Å². The van der Waals surface area contributed by atoms with Crippen molar-refractivity contribution in [3.05, 3.63) is 48.5 Å². The largest absolute Gasteiger partial charge is 0.303 e. The van der Waals surface area contributed by atoms with Crippen molar-refractivity contribution in [3.8, 4) is 11.1 Å². The summed E-state index contributed by atoms with van der Waals surface area (Å²) >= 11 is -2.12. The Hall–Kier alpha value is -1.94. The summed E-state index contributed by atoms with van der Waals surface area (Å²) in [5.74, 6) is -0.872. The second-order valence-corrected chi connectivity index (χ2v) is 9.31. The minimum absolute atomic E-state index is 0.225. The molecule has 1 heterocycles. The molecule has 140 valence electrons. The van der Waals surface area contributed by atoms with Gasteiger partial charge in [-0.15, -0.1) is 0 Å². The van der Waals surface area contributed by atoms with Gasteiger partial charge in [0.2, 0.25) is 5.91 Å². The molecule has 6 nitrogen and oxygen atoms in total. The fourth-order valence-corrected chi connectivity index (χ4v) is 4.90. The molecule has 0 aliphatic carbocycles. The number of nitrogens with one attached hydrogen (secondary N) is 1. The van der Waals surface area contributed by atoms with Crippen LogP contribution in [0.1, 0.15) is 13.8 Å². The average Bonchev–Trinajstić information content (AvgIpc) is 2.65. The van der Waals surface area contributed by atoms with E-state index in [1.807, 2.05) is 24.3 Å². The van der Waals surface area contributed by atoms with Crippen LogP contribution >= 0.6 is 21.6 Å². The van der Waals surface area contributed by atoms with Crippen molar-refractivity contribution in [1.82, 2.24) is 5.32 Å². The van der Waals surface area contributed by atoms with Crippen LogP contribution in [0.25, 0.3) is 11.1 Å². The third-order valence-corrected chi connectivity index (χ3v) is 6.95. The van der Waals surface area contributed by atoms with E-state index in [2.05, 4.69) is 10.3 Å². The molecule has 0 aromatic heterocycles. The highest BCUT2D eigenvalue weighted by atomic mass is 33.1. The minimum atomic E-state index is -2.12. The van der Waals surface area contributed by atoms with Crippen LogP contribution in [0.3, 0.4) is 0 Å². The van der Waals surface area contributed by atoms with Gasteiger partial charge in [-0.2, -0.15) is 4.99 Å². The highest BCUT2D eigenvalue weighted by Gasteiger charge is 2.40. The van der Waals surface area contributed by atoms with Crippen LogP contribution in [-0.4, -0.2) is 25.7 Å². The van der Waals surface area contributed by atoms with Crippen LogP contribution < -0.4 is 5.32 Å². The SMILES string of the molecule is CC1(C)C(=O)N=C(SSc2ccccc2-c2ccccc2S(=O)O)NC1=O. The Labute approximate surface area is 166 Å². The van der Waals surface area contributed by atoms with Gasteiger partial charge in [0.05, 0.1) is 4.90 Å². The van der Waals surface area contributed by atoms with E-state index < -0.39 is 22.4 Å². The number of benzene rings is 2. The van der Waals surface area contributed by atoms with E-state index in [1.54, 1.807) is 24.3 Å². The molecule has 1 aliphatic rings. The zero-order chi connectivity index (χ0) is 19.6. The molecule has 0 saturated heterocycles. The average molecular weight is 421 g/mol. The minimum Gasteiger partial charge on any atom is -0.303 e. The van der Waals surface area contributed by atoms with Crippen molar-refractivity contribution >= 4 is 49.7 Å². The number of carbonyl (C=O) groups is 2. The molecular formula is C18H16N2O4S3. The summed E-state index contributed by atoms with van der Waals surface area (Å²) < 4.78 is 21.2. The van der Waals surface area contributed by atoms with Gasteiger partial charge in [-0.25, -0.2) is 4.21 Å². The van der Waals surface area contributed by atoms with E-state index in [0.29, 0.717) is 10.5 Å². The Morgan fingerprint density at radius 2 is 1.63 bits per heavy atom. The number of rotatable bonds is 4. The molecule has 0 spiro atoms. The quantitative estimate of drug-likeness (QED) is 0.445. The van der Waals surface area contributed by atoms with E-state index in [0.717, 1.165) is 21.3 Å². The van der Waals surface area contributed by atoms with Crippen molar-refractivity contribution in [2.75, 3.05) is 0 Å². The van der Waals surface area contributed by atoms with E-state index in [-0.39, 0.29) is 11.1 Å². The van der Waals surface area contributed by atoms with Crippen LogP contribution in [0.5, 0.6) is 0 Å². The zero-order valence-corrected chi connectivity index (χ0v) is 16.9. The second-order valence-electron chi connectivity index (χ2n) is 6.21. The summed E-state index contributed by atoms with van der Waals surface area (Å²) in [6.07, 6.45) is 0. The molecule has 2 aromatic carbocycles. The van der Waals surface area contributed by atoms with E-state index in [4.69, 9.17) is 0 Å². The van der Waals surface area contributed by atoms with Crippen LogP contribution in [-0.2, 0) is 20.7 Å². The van der Waals surface area contributed by atoms with Gasteiger partial charge in [-0.05, 0) is 53.1 Å². The molecule has 1 aliphatic heterocycles. The Kier molecular flexibility index (Phi) is 5.85. The number of nitrogens with zero attached hydrogens (tertiary/aromatic N) is 1. The molecule has 3 rings (SSSR count). The smallest absolute Gasteiger partial charge is 0.263 e. The van der Waals surface area contributed by atoms with Crippen molar-refractivity contribution in [1.29, 1.82) is 0 Å². The number of amides is 2. The molecule has 27 heavy (non-hydrogen) atoms. The molecule has 0 radical (unpaired) electrons. The standard InChI is InChI=1S/C18H16N2O4S3/c1-18(2)15(21)19-17(20-16(18)22)26-25-13-9-5-3-7-11(13)12-8-4-6-10-14(12)27(23)24/h3-10H,1-2H3,(H,23,24)(H,19,20,21,22). The zero-order valence-electron chi connectivity index (χ0n) is 14.5. The summed E-state index contributed by atoms with van der Waals surface area (Å²) in [5.41, 5.74) is 0.257. The topological polar surface area (TPSA) is 95.8 Å². The third-order valence-electron chi connectivity index (χ3n) is 3.99. The van der Waals surface area contributed by atoms with Gasteiger partial charge in [-0.1, -0.05) is 36.4 Å². The van der Waals surface area contributed by atoms with Gasteiger partial charge >= 0.3 is 0 Å². The first kappa shape index (κ1) is 19.8. The predicted octanol–water partition coefficient (Wildman–Crippen LogP) is 3.71. The Balaban J connectivity index is 1.88. The number of aliphatic imine (C=N–C) groups is 1. The highest BCUT2D eigenvalue weighted by Crippen LogP contribution is 2.40. The lowest BCUT2D eigenvalue weighted by Crippen LogP contribution is -2.48. The van der Waals surface area contributed by atoms with Crippen molar-refractivity contribution < 1.29 is 18.4 Å². The summed E-state index contributed by atoms with van der Waals surface area (Å²) in [4.78, 5) is 29.2. The Bertz CT molecular complexity index is 973. The number of carbonyl (C=O) groups excluding carboxylic acids is 2. The molecule has 0 fully saturated rings. The monoisotopic (exact) mass is 420 g/mol. The third kappa shape index (κ3) is 4.16. The maximum absolute atomic E-state index is 12.1. The summed E-state index contributed by atoms with van der Waals surface area (Å²) in [6, 6.07) is 14.3. The molecule has 1 unspecified atom stereocenters. The molecule has 2 N–H and O–H groups in total. The normalized spacial score (nSPS) is 17.2. The van der Waals surface area contributed by atoms with Gasteiger partial charge in [-0.3, -0.25) is 9.59 Å². The molecule has 2 aromatic rings. The van der Waals surface area contributed by atoms with E-state index in [1.165, 1.54) is 24.6 Å². The number of hydrogen-bond acceptors (Lipinski definition) is 5. The van der Waals surface area contributed by atoms with Crippen LogP contribution in [0.4, 0.5) is 0 Å². The van der Waals surface area contributed by atoms with Crippen LogP contribution in [0, 0.1) is 5.41 Å². The molecule has 2 amide bonds. The summed E-state index contributed by atoms with van der Waals surface area (Å²) in [6.45, 7) is 3.06. The highest BCUT2D eigenvalue weighted by molar-refractivity contribution is 8.82. The molecule has 1 atom stereocenters. The van der Waals surface area contributed by atoms with Crippen molar-refractivity contribution in [2.24, 2.45) is 10.4 Å². The molecule has 9 heteroatoms. The van der Waals surface area contributed by atoms with Crippen LogP contribution in [0.15, 0.2) is 63.3 Å². The fraction of sp³-hybridized carbons (Fsp3) is 0.167. The Morgan fingerprint density at radius 3 is 2.30 bits per heavy atom. The van der Waals surface area contributed by atoms with Crippen molar-refractivity contribution in [3.63, 3.8) is 0 Å². The first-order valence-corrected chi connectivity index (χ1v) is 11.1. The number of hydrogen-bond donors (Lipinski definition) is 2. The first-order chi connectivity index (χ1) is 12.8. The lowest BCUT2D eigenvalue weighted by molar-refractivity contribution is -0.139. The second kappa shape index (κ2) is 7.97. The van der Waals surface area contributed by atoms with Gasteiger partial charge < -0.3 is 9.87 Å². The maximum atomic E-state index is 12.1. The van der Waals surface area contributed by atoms with E-state index in [9.17, 15) is 18.4 Å². The van der Waals surface area contributed by atoms with Gasteiger partial charge in [0.25, 0.3) is 5.91 Å². The van der Waals surface area contributed by atoms with Crippen LogP contribution in [0.2, 0.25) is 0 Å². The lowest BCUT2D eigenvalue weighted by atomic mass is 9.91. The Morgan fingerprint density at radius 1 is 1.00 bits per heavy atom. The van der Waals surface area contributed by atoms with Gasteiger partial charge in [0, 0.05) is 10.5 Å². The first-order valence-electron chi connectivity index (χ1n) is 7.89. The lowest BCUT2D eigenvalue weighted by Gasteiger charge is -2.24. The molecular weight excluding hydrogens is 404 g/mol. The maximum Gasteiger partial charge on any atom is 0.263 e. The van der Waals surface area contributed by atoms with Gasteiger partial charge in [0.1, 0.15) is 5.41 Å². The predicted molar refractivity (Wildman–Crippen MR) is 109 cm³/mol. The summed E-state index contributed by atoms with van der Waals surface area (Å²) in [7, 11) is 2.47. The van der Waals surface area contributed by atoms with Gasteiger partial charge in [0.15, 0.2) is 16.2 Å². The fourth-order valence-electron chi connectivity index (χ4n) is 2.34.